The first-order valence-corrected chi connectivity index (χ1v) is 5.54. The van der Waals surface area contributed by atoms with Crippen LogP contribution in [-0.2, 0) is 18.2 Å². The van der Waals surface area contributed by atoms with E-state index in [4.69, 9.17) is 4.74 Å². The molecule has 1 aromatic heterocycles. The van der Waals surface area contributed by atoms with Crippen LogP contribution < -0.4 is 5.32 Å². The number of aryl methyl sites for hydroxylation is 2. The summed E-state index contributed by atoms with van der Waals surface area (Å²) in [4.78, 5) is 0. The molecule has 84 valence electrons. The smallest absolute Gasteiger partial charge is 0.0853 e. The Balaban J connectivity index is 1.93. The molecular weight excluding hydrogens is 190 g/mol. The van der Waals surface area contributed by atoms with E-state index in [9.17, 15) is 0 Å². The molecule has 4 heteroatoms. The second kappa shape index (κ2) is 4.23. The van der Waals surface area contributed by atoms with Crippen molar-refractivity contribution >= 4 is 5.69 Å². The molecular formula is C11H19N3O. The Hall–Kier alpha value is -1.03. The number of anilines is 1. The average Bonchev–Trinajstić information content (AvgIpc) is 2.51. The predicted molar refractivity (Wildman–Crippen MR) is 60.0 cm³/mol. The van der Waals surface area contributed by atoms with Gasteiger partial charge in [0.15, 0.2) is 0 Å². The third-order valence-corrected chi connectivity index (χ3v) is 3.03. The van der Waals surface area contributed by atoms with E-state index in [1.165, 1.54) is 5.69 Å². The quantitative estimate of drug-likeness (QED) is 0.818. The van der Waals surface area contributed by atoms with Crippen LogP contribution in [0.5, 0.6) is 0 Å². The highest BCUT2D eigenvalue weighted by molar-refractivity contribution is 5.47. The number of methoxy groups -OCH3 is 1. The Labute approximate surface area is 90.6 Å². The maximum atomic E-state index is 5.26. The average molecular weight is 209 g/mol. The molecule has 1 aromatic rings. The number of nitrogens with zero attached hydrogens (tertiary/aromatic N) is 2. The first-order chi connectivity index (χ1) is 7.22. The van der Waals surface area contributed by atoms with Crippen LogP contribution in [0.1, 0.15) is 25.5 Å². The van der Waals surface area contributed by atoms with Crippen molar-refractivity contribution in [2.24, 2.45) is 7.05 Å². The van der Waals surface area contributed by atoms with E-state index in [0.717, 1.165) is 25.0 Å². The summed E-state index contributed by atoms with van der Waals surface area (Å²) in [6, 6.07) is 0.560. The van der Waals surface area contributed by atoms with E-state index in [-0.39, 0.29) is 0 Å². The number of rotatable bonds is 4. The van der Waals surface area contributed by atoms with Gasteiger partial charge in [0.1, 0.15) is 0 Å². The normalized spacial score (nSPS) is 25.0. The summed E-state index contributed by atoms with van der Waals surface area (Å²) in [6.07, 6.45) is 5.69. The highest BCUT2D eigenvalue weighted by Crippen LogP contribution is 2.27. The van der Waals surface area contributed by atoms with Gasteiger partial charge in [-0.25, -0.2) is 0 Å². The van der Waals surface area contributed by atoms with E-state index in [1.54, 1.807) is 7.11 Å². The lowest BCUT2D eigenvalue weighted by atomic mass is 9.89. The largest absolute Gasteiger partial charge is 0.381 e. The number of hydrogen-bond donors (Lipinski definition) is 1. The van der Waals surface area contributed by atoms with Gasteiger partial charge < -0.3 is 10.1 Å². The van der Waals surface area contributed by atoms with Gasteiger partial charge in [0.05, 0.1) is 17.5 Å². The Kier molecular flexibility index (Phi) is 2.95. The van der Waals surface area contributed by atoms with Crippen molar-refractivity contribution in [3.63, 3.8) is 0 Å². The summed E-state index contributed by atoms with van der Waals surface area (Å²) < 4.78 is 7.12. The second-order valence-corrected chi connectivity index (χ2v) is 4.19. The first-order valence-electron chi connectivity index (χ1n) is 5.54. The lowest BCUT2D eigenvalue weighted by Gasteiger charge is -2.35. The van der Waals surface area contributed by atoms with Gasteiger partial charge in [0, 0.05) is 26.4 Å². The fourth-order valence-electron chi connectivity index (χ4n) is 2.01. The molecule has 0 aliphatic heterocycles. The summed E-state index contributed by atoms with van der Waals surface area (Å²) in [5.74, 6) is 0. The molecule has 0 unspecified atom stereocenters. The Morgan fingerprint density at radius 1 is 1.60 bits per heavy atom. The van der Waals surface area contributed by atoms with Gasteiger partial charge in [-0.3, -0.25) is 4.68 Å². The van der Waals surface area contributed by atoms with Crippen molar-refractivity contribution in [3.8, 4) is 0 Å². The topological polar surface area (TPSA) is 39.1 Å². The minimum absolute atomic E-state index is 0.448. The minimum atomic E-state index is 0.448. The van der Waals surface area contributed by atoms with Crippen molar-refractivity contribution in [3.05, 3.63) is 11.9 Å². The highest BCUT2D eigenvalue weighted by Gasteiger charge is 2.29. The van der Waals surface area contributed by atoms with Crippen molar-refractivity contribution in [2.45, 2.75) is 38.3 Å². The standard InChI is InChI=1S/C11H19N3O/c1-4-10-11(7-14(2)13-10)12-8-5-9(6-8)15-3/h7-9,12H,4-6H2,1-3H3. The predicted octanol–water partition coefficient (Wildman–Crippen LogP) is 1.57. The molecule has 0 amide bonds. The molecule has 0 bridgehead atoms. The zero-order valence-corrected chi connectivity index (χ0v) is 9.66. The highest BCUT2D eigenvalue weighted by atomic mass is 16.5. The van der Waals surface area contributed by atoms with Crippen LogP contribution in [0.25, 0.3) is 0 Å². The van der Waals surface area contributed by atoms with Gasteiger partial charge in [0.2, 0.25) is 0 Å². The van der Waals surface area contributed by atoms with Gasteiger partial charge >= 0.3 is 0 Å². The maximum absolute atomic E-state index is 5.26. The lowest BCUT2D eigenvalue weighted by Crippen LogP contribution is -2.40. The van der Waals surface area contributed by atoms with E-state index in [0.29, 0.717) is 12.1 Å². The minimum Gasteiger partial charge on any atom is -0.381 e. The molecule has 1 heterocycles. The van der Waals surface area contributed by atoms with Crippen LogP contribution in [-0.4, -0.2) is 29.0 Å². The van der Waals surface area contributed by atoms with Crippen LogP contribution in [0.15, 0.2) is 6.20 Å². The second-order valence-electron chi connectivity index (χ2n) is 4.19. The third kappa shape index (κ3) is 2.15. The summed E-state index contributed by atoms with van der Waals surface area (Å²) in [7, 11) is 3.74. The van der Waals surface area contributed by atoms with Crippen molar-refractivity contribution in [1.82, 2.24) is 9.78 Å². The zero-order valence-electron chi connectivity index (χ0n) is 9.66. The Bertz CT molecular complexity index is 329. The number of aromatic nitrogens is 2. The maximum Gasteiger partial charge on any atom is 0.0853 e. The molecule has 0 atom stereocenters. The molecule has 2 rings (SSSR count). The zero-order chi connectivity index (χ0) is 10.8. The summed E-state index contributed by atoms with van der Waals surface area (Å²) in [6.45, 7) is 2.13. The van der Waals surface area contributed by atoms with Crippen molar-refractivity contribution in [2.75, 3.05) is 12.4 Å². The molecule has 0 saturated heterocycles. The van der Waals surface area contributed by atoms with Crippen LogP contribution >= 0.6 is 0 Å². The lowest BCUT2D eigenvalue weighted by molar-refractivity contribution is 0.0328. The van der Waals surface area contributed by atoms with Gasteiger partial charge in [-0.1, -0.05) is 6.92 Å². The molecule has 1 fully saturated rings. The molecule has 1 aliphatic rings. The monoisotopic (exact) mass is 209 g/mol. The SMILES string of the molecule is CCc1nn(C)cc1NC1CC(OC)C1. The molecule has 0 spiro atoms. The van der Waals surface area contributed by atoms with Gasteiger partial charge in [-0.15, -0.1) is 0 Å². The fourth-order valence-corrected chi connectivity index (χ4v) is 2.01. The number of nitrogens with one attached hydrogen (secondary N) is 1. The van der Waals surface area contributed by atoms with Crippen LogP contribution in [0.3, 0.4) is 0 Å². The number of hydrogen-bond acceptors (Lipinski definition) is 3. The third-order valence-electron chi connectivity index (χ3n) is 3.03. The van der Waals surface area contributed by atoms with Gasteiger partial charge in [0.25, 0.3) is 0 Å². The molecule has 4 nitrogen and oxygen atoms in total. The molecule has 1 N–H and O–H groups in total. The van der Waals surface area contributed by atoms with E-state index in [1.807, 2.05) is 11.7 Å². The molecule has 0 radical (unpaired) electrons. The van der Waals surface area contributed by atoms with Crippen molar-refractivity contribution < 1.29 is 4.74 Å². The Morgan fingerprint density at radius 2 is 2.33 bits per heavy atom. The van der Waals surface area contributed by atoms with Crippen LogP contribution in [0, 0.1) is 0 Å². The van der Waals surface area contributed by atoms with Crippen LogP contribution in [0.2, 0.25) is 0 Å². The van der Waals surface area contributed by atoms with Crippen molar-refractivity contribution in [1.29, 1.82) is 0 Å². The molecule has 15 heavy (non-hydrogen) atoms. The first kappa shape index (κ1) is 10.5. The van der Waals surface area contributed by atoms with E-state index < -0.39 is 0 Å². The molecule has 1 saturated carbocycles. The molecule has 1 aliphatic carbocycles. The fraction of sp³-hybridized carbons (Fsp3) is 0.727. The van der Waals surface area contributed by atoms with E-state index >= 15 is 0 Å². The van der Waals surface area contributed by atoms with Crippen LogP contribution in [0.4, 0.5) is 5.69 Å². The summed E-state index contributed by atoms with van der Waals surface area (Å²) >= 11 is 0. The molecule has 0 aromatic carbocycles. The summed E-state index contributed by atoms with van der Waals surface area (Å²) in [5.41, 5.74) is 2.33. The van der Waals surface area contributed by atoms with E-state index in [2.05, 4.69) is 23.5 Å². The van der Waals surface area contributed by atoms with Gasteiger partial charge in [-0.05, 0) is 19.3 Å². The summed E-state index contributed by atoms with van der Waals surface area (Å²) in [5, 5.41) is 7.92. The number of ether oxygens (including phenoxy) is 1. The van der Waals surface area contributed by atoms with Gasteiger partial charge in [-0.2, -0.15) is 5.10 Å². The Morgan fingerprint density at radius 3 is 2.93 bits per heavy atom.